The molecule has 5 nitrogen and oxygen atoms in total. The Balaban J connectivity index is 1.43. The van der Waals surface area contributed by atoms with Crippen molar-refractivity contribution in [2.75, 3.05) is 13.1 Å². The second-order valence-corrected chi connectivity index (χ2v) is 9.32. The summed E-state index contributed by atoms with van der Waals surface area (Å²) >= 11 is 0. The Hall–Kier alpha value is -3.31. The van der Waals surface area contributed by atoms with Crippen LogP contribution in [0.25, 0.3) is 0 Å². The molecule has 3 aromatic carbocycles. The highest BCUT2D eigenvalue weighted by Gasteiger charge is 2.63. The lowest BCUT2D eigenvalue weighted by molar-refractivity contribution is -0.0614. The van der Waals surface area contributed by atoms with Gasteiger partial charge in [0.25, 0.3) is 0 Å². The average Bonchev–Trinajstić information content (AvgIpc) is 3.04. The minimum Gasteiger partial charge on any atom is -0.508 e. The van der Waals surface area contributed by atoms with Gasteiger partial charge in [0.1, 0.15) is 16.9 Å². The third-order valence-electron chi connectivity index (χ3n) is 7.43. The van der Waals surface area contributed by atoms with Crippen molar-refractivity contribution >= 4 is 6.09 Å². The molecule has 0 saturated carbocycles. The van der Waals surface area contributed by atoms with E-state index in [1.54, 1.807) is 6.07 Å². The molecule has 2 aliphatic heterocycles. The second kappa shape index (κ2) is 8.56. The van der Waals surface area contributed by atoms with Crippen molar-refractivity contribution in [3.05, 3.63) is 102 Å². The number of carbonyl (C=O) groups excluding carboxylic acids is 1. The van der Waals surface area contributed by atoms with E-state index < -0.39 is 11.1 Å². The molecule has 0 radical (unpaired) electrons. The highest BCUT2D eigenvalue weighted by Crippen LogP contribution is 2.52. The normalized spacial score (nSPS) is 22.5. The molecular formula is C28H30N2O3. The van der Waals surface area contributed by atoms with Crippen LogP contribution in [0.1, 0.15) is 36.5 Å². The van der Waals surface area contributed by atoms with Gasteiger partial charge in [-0.3, -0.25) is 9.80 Å². The van der Waals surface area contributed by atoms with E-state index in [0.717, 1.165) is 49.2 Å². The van der Waals surface area contributed by atoms with Crippen molar-refractivity contribution in [2.24, 2.45) is 0 Å². The number of rotatable bonds is 5. The van der Waals surface area contributed by atoms with Gasteiger partial charge in [-0.25, -0.2) is 4.79 Å². The summed E-state index contributed by atoms with van der Waals surface area (Å²) in [5.41, 5.74) is 2.13. The number of aromatic hydroxyl groups is 1. The molecule has 1 amide bonds. The lowest BCUT2D eigenvalue weighted by atomic mass is 9.70. The van der Waals surface area contributed by atoms with Gasteiger partial charge in [-0.15, -0.1) is 0 Å². The Morgan fingerprint density at radius 2 is 1.48 bits per heavy atom. The summed E-state index contributed by atoms with van der Waals surface area (Å²) < 4.78 is 6.28. The molecule has 0 aliphatic carbocycles. The van der Waals surface area contributed by atoms with Gasteiger partial charge in [-0.1, -0.05) is 72.8 Å². The molecular weight excluding hydrogens is 412 g/mol. The third-order valence-corrected chi connectivity index (χ3v) is 7.43. The van der Waals surface area contributed by atoms with Crippen molar-refractivity contribution in [1.29, 1.82) is 0 Å². The number of phenols is 1. The van der Waals surface area contributed by atoms with Crippen LogP contribution in [-0.2, 0) is 23.4 Å². The quantitative estimate of drug-likeness (QED) is 0.583. The van der Waals surface area contributed by atoms with Gasteiger partial charge in [0, 0.05) is 32.5 Å². The average molecular weight is 443 g/mol. The number of carbonyl (C=O) groups is 1. The molecule has 1 spiro atoms. The number of ether oxygens (including phenoxy) is 1. The molecule has 0 bridgehead atoms. The number of likely N-dealkylation sites (tertiary alicyclic amines) is 1. The Kier molecular flexibility index (Phi) is 5.59. The number of phenolic OH excluding ortho intramolecular Hbond substituents is 1. The van der Waals surface area contributed by atoms with Gasteiger partial charge < -0.3 is 9.84 Å². The first-order valence-corrected chi connectivity index (χ1v) is 11.6. The van der Waals surface area contributed by atoms with E-state index in [4.69, 9.17) is 4.74 Å². The maximum absolute atomic E-state index is 13.3. The maximum Gasteiger partial charge on any atom is 0.411 e. The Morgan fingerprint density at radius 3 is 2.15 bits per heavy atom. The Labute approximate surface area is 195 Å². The van der Waals surface area contributed by atoms with Crippen molar-refractivity contribution < 1.29 is 14.6 Å². The van der Waals surface area contributed by atoms with Crippen LogP contribution in [0.5, 0.6) is 5.75 Å². The van der Waals surface area contributed by atoms with Crippen LogP contribution >= 0.6 is 0 Å². The van der Waals surface area contributed by atoms with E-state index in [-0.39, 0.29) is 6.09 Å². The van der Waals surface area contributed by atoms with E-state index in [1.807, 2.05) is 59.5 Å². The molecule has 1 atom stereocenters. The highest BCUT2D eigenvalue weighted by atomic mass is 16.6. The van der Waals surface area contributed by atoms with Crippen molar-refractivity contribution in [2.45, 2.75) is 44.0 Å². The first kappa shape index (κ1) is 21.5. The second-order valence-electron chi connectivity index (χ2n) is 9.32. The zero-order valence-corrected chi connectivity index (χ0v) is 19.0. The SMILES string of the molecule is CC1(c2ccccc2)N(Cc2ccccc2)C(=O)OC12CCN(Cc1cccc(O)c1)CC2. The summed E-state index contributed by atoms with van der Waals surface area (Å²) in [6, 6.07) is 27.8. The predicted octanol–water partition coefficient (Wildman–Crippen LogP) is 5.29. The van der Waals surface area contributed by atoms with Gasteiger partial charge in [0.05, 0.1) is 6.54 Å². The first-order valence-electron chi connectivity index (χ1n) is 11.6. The molecule has 1 N–H and O–H groups in total. The van der Waals surface area contributed by atoms with E-state index >= 15 is 0 Å². The minimum absolute atomic E-state index is 0.244. The van der Waals surface area contributed by atoms with Crippen molar-refractivity contribution in [1.82, 2.24) is 9.80 Å². The summed E-state index contributed by atoms with van der Waals surface area (Å²) in [6.45, 7) is 5.10. The Morgan fingerprint density at radius 1 is 0.848 bits per heavy atom. The summed E-state index contributed by atoms with van der Waals surface area (Å²) in [5, 5.41) is 9.80. The smallest absolute Gasteiger partial charge is 0.411 e. The molecule has 2 aliphatic rings. The van der Waals surface area contributed by atoms with Gasteiger partial charge in [-0.2, -0.15) is 0 Å². The molecule has 33 heavy (non-hydrogen) atoms. The fraction of sp³-hybridized carbons (Fsp3) is 0.321. The molecule has 2 heterocycles. The number of benzene rings is 3. The van der Waals surface area contributed by atoms with E-state index in [0.29, 0.717) is 12.3 Å². The summed E-state index contributed by atoms with van der Waals surface area (Å²) in [5.74, 6) is 0.291. The monoisotopic (exact) mass is 442 g/mol. The lowest BCUT2D eigenvalue weighted by Crippen LogP contribution is -2.58. The number of nitrogens with zero attached hydrogens (tertiary/aromatic N) is 2. The molecule has 170 valence electrons. The maximum atomic E-state index is 13.3. The highest BCUT2D eigenvalue weighted by molar-refractivity contribution is 5.73. The number of piperidine rings is 1. The molecule has 2 fully saturated rings. The van der Waals surface area contributed by atoms with Gasteiger partial charge in [0.2, 0.25) is 0 Å². The summed E-state index contributed by atoms with van der Waals surface area (Å²) in [4.78, 5) is 17.6. The molecule has 5 heteroatoms. The number of amides is 1. The van der Waals surface area contributed by atoms with Crippen LogP contribution in [0.4, 0.5) is 4.79 Å². The molecule has 0 aromatic heterocycles. The first-order chi connectivity index (χ1) is 16.0. The van der Waals surface area contributed by atoms with E-state index in [1.165, 1.54) is 0 Å². The van der Waals surface area contributed by atoms with Gasteiger partial charge in [-0.05, 0) is 35.7 Å². The predicted molar refractivity (Wildman–Crippen MR) is 128 cm³/mol. The van der Waals surface area contributed by atoms with Crippen molar-refractivity contribution in [3.8, 4) is 5.75 Å². The van der Waals surface area contributed by atoms with Crippen molar-refractivity contribution in [3.63, 3.8) is 0 Å². The summed E-state index contributed by atoms with van der Waals surface area (Å²) in [7, 11) is 0. The van der Waals surface area contributed by atoms with Crippen LogP contribution in [0, 0.1) is 0 Å². The van der Waals surface area contributed by atoms with E-state index in [9.17, 15) is 9.90 Å². The van der Waals surface area contributed by atoms with Crippen LogP contribution in [-0.4, -0.2) is 39.7 Å². The summed E-state index contributed by atoms with van der Waals surface area (Å²) in [6.07, 6.45) is 1.27. The van der Waals surface area contributed by atoms with Crippen LogP contribution in [0.2, 0.25) is 0 Å². The third kappa shape index (κ3) is 3.87. The fourth-order valence-corrected chi connectivity index (χ4v) is 5.49. The van der Waals surface area contributed by atoms with Crippen LogP contribution in [0.15, 0.2) is 84.9 Å². The van der Waals surface area contributed by atoms with Gasteiger partial charge in [0.15, 0.2) is 0 Å². The largest absolute Gasteiger partial charge is 0.508 e. The molecule has 3 aromatic rings. The molecule has 5 rings (SSSR count). The topological polar surface area (TPSA) is 53.0 Å². The number of hydrogen-bond acceptors (Lipinski definition) is 4. The fourth-order valence-electron chi connectivity index (χ4n) is 5.49. The number of hydrogen-bond donors (Lipinski definition) is 1. The zero-order valence-electron chi connectivity index (χ0n) is 19.0. The zero-order chi connectivity index (χ0) is 22.9. The lowest BCUT2D eigenvalue weighted by Gasteiger charge is -2.48. The van der Waals surface area contributed by atoms with Crippen LogP contribution < -0.4 is 0 Å². The Bertz CT molecular complexity index is 1110. The standard InChI is InChI=1S/C28H30N2O3/c1-27(24-12-6-3-7-13-24)28(33-26(32)30(27)21-22-9-4-2-5-10-22)15-17-29(18-16-28)20-23-11-8-14-25(31)19-23/h2-14,19,31H,15-18,20-21H2,1H3. The molecule has 2 saturated heterocycles. The molecule has 1 unspecified atom stereocenters. The minimum atomic E-state index is -0.588. The van der Waals surface area contributed by atoms with Gasteiger partial charge >= 0.3 is 6.09 Å². The van der Waals surface area contributed by atoms with E-state index in [2.05, 4.69) is 36.1 Å². The van der Waals surface area contributed by atoms with Crippen LogP contribution in [0.3, 0.4) is 0 Å².